The first kappa shape index (κ1) is 25.6. The van der Waals surface area contributed by atoms with E-state index in [0.717, 1.165) is 0 Å². The number of benzene rings is 1. The molecule has 0 saturated carbocycles. The van der Waals surface area contributed by atoms with Gasteiger partial charge in [0, 0.05) is 18.2 Å². The Bertz CT molecular complexity index is 859. The number of halogens is 9. The van der Waals surface area contributed by atoms with Crippen LogP contribution >= 0.6 is 12.4 Å². The first-order chi connectivity index (χ1) is 13.3. The highest BCUT2D eigenvalue weighted by Gasteiger charge is 2.38. The molecule has 2 aromatic rings. The zero-order chi connectivity index (χ0) is 22.0. The van der Waals surface area contributed by atoms with Gasteiger partial charge in [0.05, 0.1) is 22.9 Å². The van der Waals surface area contributed by atoms with E-state index >= 15 is 0 Å². The summed E-state index contributed by atoms with van der Waals surface area (Å²) in [6, 6.07) is 1.50. The van der Waals surface area contributed by atoms with Crippen LogP contribution in [-0.4, -0.2) is 34.6 Å². The van der Waals surface area contributed by atoms with E-state index in [2.05, 4.69) is 20.3 Å². The maximum Gasteiger partial charge on any atom is 0.417 e. The third-order valence-corrected chi connectivity index (χ3v) is 3.47. The highest BCUT2D eigenvalue weighted by atomic mass is 35.5. The topological polar surface area (TPSA) is 67.3 Å². The molecule has 2 N–H and O–H groups in total. The van der Waals surface area contributed by atoms with Gasteiger partial charge in [0.2, 0.25) is 0 Å². The van der Waals surface area contributed by atoms with Gasteiger partial charge in [0.15, 0.2) is 11.6 Å². The van der Waals surface area contributed by atoms with Crippen LogP contribution in [0.4, 0.5) is 40.9 Å². The number of anilines is 1. The van der Waals surface area contributed by atoms with Gasteiger partial charge >= 0.3 is 19.0 Å². The van der Waals surface area contributed by atoms with Gasteiger partial charge in [-0.05, 0) is 19.1 Å². The summed E-state index contributed by atoms with van der Waals surface area (Å²) in [6.45, 7) is -2.17. The SMILES string of the molecule is C[C@@H](O)CNc1nnc(-c2ccc(C(F)(F)F)cc2C(F)(F)F)cc1OC(F)F.Cl. The number of hydrogen-bond acceptors (Lipinski definition) is 5. The summed E-state index contributed by atoms with van der Waals surface area (Å²) in [4.78, 5) is 0. The highest BCUT2D eigenvalue weighted by Crippen LogP contribution is 2.41. The summed E-state index contributed by atoms with van der Waals surface area (Å²) in [5.74, 6) is -1.09. The fourth-order valence-electron chi connectivity index (χ4n) is 2.24. The van der Waals surface area contributed by atoms with Crippen molar-refractivity contribution in [2.45, 2.75) is 32.0 Å². The summed E-state index contributed by atoms with van der Waals surface area (Å²) in [7, 11) is 0. The summed E-state index contributed by atoms with van der Waals surface area (Å²) in [5.41, 5.74) is -4.65. The van der Waals surface area contributed by atoms with Gasteiger partial charge in [-0.1, -0.05) is 6.07 Å². The molecular weight excluding hydrogens is 454 g/mol. The van der Waals surface area contributed by atoms with Crippen molar-refractivity contribution in [1.29, 1.82) is 0 Å². The third-order valence-electron chi connectivity index (χ3n) is 3.47. The minimum atomic E-state index is -5.19. The van der Waals surface area contributed by atoms with E-state index in [1.165, 1.54) is 6.92 Å². The van der Waals surface area contributed by atoms with Crippen LogP contribution in [0.3, 0.4) is 0 Å². The molecule has 0 amide bonds. The molecule has 1 aromatic heterocycles. The Hall–Kier alpha value is -2.41. The number of aliphatic hydroxyl groups is 1. The van der Waals surface area contributed by atoms with Crippen molar-refractivity contribution in [1.82, 2.24) is 10.2 Å². The second kappa shape index (κ2) is 9.60. The van der Waals surface area contributed by atoms with Crippen molar-refractivity contribution < 1.29 is 45.0 Å². The molecule has 168 valence electrons. The fourth-order valence-corrected chi connectivity index (χ4v) is 2.24. The second-order valence-corrected chi connectivity index (χ2v) is 5.81. The Labute approximate surface area is 170 Å². The Morgan fingerprint density at radius 2 is 1.67 bits per heavy atom. The average molecular weight is 468 g/mol. The van der Waals surface area contributed by atoms with Crippen molar-refractivity contribution in [3.8, 4) is 17.0 Å². The Balaban J connectivity index is 0.00000450. The van der Waals surface area contributed by atoms with Gasteiger partial charge in [-0.25, -0.2) is 0 Å². The van der Waals surface area contributed by atoms with Crippen LogP contribution < -0.4 is 10.1 Å². The Morgan fingerprint density at radius 3 is 2.17 bits per heavy atom. The van der Waals surface area contributed by atoms with E-state index in [0.29, 0.717) is 18.2 Å². The highest BCUT2D eigenvalue weighted by molar-refractivity contribution is 5.85. The number of alkyl halides is 8. The smallest absolute Gasteiger partial charge is 0.417 e. The van der Waals surface area contributed by atoms with E-state index in [1.807, 2.05) is 0 Å². The summed E-state index contributed by atoms with van der Waals surface area (Å²) in [5, 5.41) is 18.6. The number of nitrogens with one attached hydrogen (secondary N) is 1. The molecule has 0 fully saturated rings. The molecule has 0 saturated heterocycles. The van der Waals surface area contributed by atoms with Gasteiger partial charge in [-0.2, -0.15) is 35.1 Å². The molecule has 0 aliphatic rings. The number of nitrogens with zero attached hydrogens (tertiary/aromatic N) is 2. The molecule has 0 spiro atoms. The summed E-state index contributed by atoms with van der Waals surface area (Å²) in [6.07, 6.45) is -11.1. The summed E-state index contributed by atoms with van der Waals surface area (Å²) < 4.78 is 108. The average Bonchev–Trinajstić information content (AvgIpc) is 2.58. The van der Waals surface area contributed by atoms with Crippen LogP contribution in [0.5, 0.6) is 5.75 Å². The second-order valence-electron chi connectivity index (χ2n) is 5.81. The lowest BCUT2D eigenvalue weighted by molar-refractivity contribution is -0.142. The van der Waals surface area contributed by atoms with Crippen LogP contribution in [0, 0.1) is 0 Å². The number of aliphatic hydroxyl groups excluding tert-OH is 1. The maximum atomic E-state index is 13.3. The molecule has 1 aromatic carbocycles. The molecule has 0 unspecified atom stereocenters. The molecule has 0 aliphatic carbocycles. The van der Waals surface area contributed by atoms with E-state index in [4.69, 9.17) is 0 Å². The molecule has 30 heavy (non-hydrogen) atoms. The molecule has 2 rings (SSSR count). The zero-order valence-electron chi connectivity index (χ0n) is 14.9. The Morgan fingerprint density at radius 1 is 1.03 bits per heavy atom. The molecule has 1 atom stereocenters. The largest absolute Gasteiger partial charge is 0.431 e. The normalized spacial score (nSPS) is 13.0. The predicted octanol–water partition coefficient (Wildman–Crippen LogP) is 5.00. The van der Waals surface area contributed by atoms with E-state index in [9.17, 15) is 40.2 Å². The Kier molecular flexibility index (Phi) is 8.20. The van der Waals surface area contributed by atoms with E-state index in [1.54, 1.807) is 0 Å². The maximum absolute atomic E-state index is 13.3. The van der Waals surface area contributed by atoms with Gasteiger partial charge in [0.25, 0.3) is 0 Å². The molecule has 0 aliphatic heterocycles. The first-order valence-corrected chi connectivity index (χ1v) is 7.82. The van der Waals surface area contributed by atoms with Crippen molar-refractivity contribution in [2.24, 2.45) is 0 Å². The van der Waals surface area contributed by atoms with Crippen LogP contribution in [-0.2, 0) is 12.4 Å². The standard InChI is InChI=1S/C16H13F8N3O2.ClH/c1-7(28)6-25-13-12(29-14(17)18)5-11(26-27-13)9-3-2-8(15(19,20)21)4-10(9)16(22,23)24;/h2-5,7,14,28H,6H2,1H3,(H,25,27);1H/t7-;/m1./s1. The predicted molar refractivity (Wildman–Crippen MR) is 91.5 cm³/mol. The zero-order valence-corrected chi connectivity index (χ0v) is 15.7. The number of rotatable bonds is 6. The monoisotopic (exact) mass is 467 g/mol. The minimum Gasteiger partial charge on any atom is -0.431 e. The van der Waals surface area contributed by atoms with Crippen molar-refractivity contribution in [3.05, 3.63) is 35.4 Å². The van der Waals surface area contributed by atoms with Gasteiger partial charge in [0.1, 0.15) is 0 Å². The molecule has 0 radical (unpaired) electrons. The quantitative estimate of drug-likeness (QED) is 0.586. The van der Waals surface area contributed by atoms with Gasteiger partial charge in [-0.15, -0.1) is 22.6 Å². The summed E-state index contributed by atoms with van der Waals surface area (Å²) >= 11 is 0. The lowest BCUT2D eigenvalue weighted by Gasteiger charge is -2.17. The molecular formula is C16H14ClF8N3O2. The van der Waals surface area contributed by atoms with Gasteiger partial charge in [-0.3, -0.25) is 0 Å². The van der Waals surface area contributed by atoms with Crippen molar-refractivity contribution >= 4 is 18.2 Å². The molecule has 1 heterocycles. The van der Waals surface area contributed by atoms with Crippen LogP contribution in [0.1, 0.15) is 18.1 Å². The lowest BCUT2D eigenvalue weighted by atomic mass is 10.00. The van der Waals surface area contributed by atoms with Gasteiger partial charge < -0.3 is 15.2 Å². The molecule has 14 heteroatoms. The number of hydrogen-bond donors (Lipinski definition) is 2. The third kappa shape index (κ3) is 6.55. The van der Waals surface area contributed by atoms with E-state index < -0.39 is 59.0 Å². The van der Waals surface area contributed by atoms with Crippen molar-refractivity contribution in [2.75, 3.05) is 11.9 Å². The van der Waals surface area contributed by atoms with Crippen LogP contribution in [0.2, 0.25) is 0 Å². The van der Waals surface area contributed by atoms with Crippen LogP contribution in [0.25, 0.3) is 11.3 Å². The first-order valence-electron chi connectivity index (χ1n) is 7.82. The number of aromatic nitrogens is 2. The number of ether oxygens (including phenoxy) is 1. The lowest BCUT2D eigenvalue weighted by Crippen LogP contribution is -2.18. The molecule has 5 nitrogen and oxygen atoms in total. The minimum absolute atomic E-state index is 0. The molecule has 0 bridgehead atoms. The van der Waals surface area contributed by atoms with Crippen LogP contribution in [0.15, 0.2) is 24.3 Å². The van der Waals surface area contributed by atoms with E-state index in [-0.39, 0.29) is 25.0 Å². The van der Waals surface area contributed by atoms with Crippen molar-refractivity contribution in [3.63, 3.8) is 0 Å². The fraction of sp³-hybridized carbons (Fsp3) is 0.375.